The molecule has 0 unspecified atom stereocenters. The van der Waals surface area contributed by atoms with E-state index in [0.29, 0.717) is 5.76 Å². The van der Waals surface area contributed by atoms with Crippen LogP contribution in [0.1, 0.15) is 6.92 Å². The molecule has 0 spiro atoms. The molecule has 1 N–H and O–H groups in total. The van der Waals surface area contributed by atoms with Gasteiger partial charge in [0, 0.05) is 6.07 Å². The van der Waals surface area contributed by atoms with Crippen molar-refractivity contribution in [1.29, 1.82) is 0 Å². The standard InChI is InChI=1S/C14H16N2O5S/c1-4-6-7-12(5-2)21-14-10-11(16(17)18)8-9-13(14)15-22(3,19)20/h4-10,15H,1H2,2-3H3/b7-6-,12-5+. The van der Waals surface area contributed by atoms with E-state index in [9.17, 15) is 18.5 Å². The summed E-state index contributed by atoms with van der Waals surface area (Å²) in [5.41, 5.74) is -0.100. The second-order valence-corrected chi connectivity index (χ2v) is 5.95. The highest BCUT2D eigenvalue weighted by Crippen LogP contribution is 2.31. The normalized spacial score (nSPS) is 12.2. The summed E-state index contributed by atoms with van der Waals surface area (Å²) in [6.07, 6.45) is 7.36. The molecule has 1 aromatic rings. The molecule has 8 heteroatoms. The quantitative estimate of drug-likeness (QED) is 0.360. The highest BCUT2D eigenvalue weighted by atomic mass is 32.2. The zero-order valence-electron chi connectivity index (χ0n) is 12.1. The van der Waals surface area contributed by atoms with Gasteiger partial charge in [-0.3, -0.25) is 14.8 Å². The Morgan fingerprint density at radius 3 is 2.64 bits per heavy atom. The molecule has 22 heavy (non-hydrogen) atoms. The van der Waals surface area contributed by atoms with Gasteiger partial charge >= 0.3 is 0 Å². The number of ether oxygens (including phenoxy) is 1. The summed E-state index contributed by atoms with van der Waals surface area (Å²) in [5.74, 6) is 0.415. The van der Waals surface area contributed by atoms with E-state index in [4.69, 9.17) is 4.74 Å². The molecular weight excluding hydrogens is 308 g/mol. The van der Waals surface area contributed by atoms with Crippen LogP contribution in [0.2, 0.25) is 0 Å². The summed E-state index contributed by atoms with van der Waals surface area (Å²) >= 11 is 0. The summed E-state index contributed by atoms with van der Waals surface area (Å²) < 4.78 is 30.5. The Morgan fingerprint density at radius 1 is 1.45 bits per heavy atom. The molecule has 0 aliphatic heterocycles. The number of hydrogen-bond donors (Lipinski definition) is 1. The van der Waals surface area contributed by atoms with Gasteiger partial charge in [0.25, 0.3) is 5.69 Å². The van der Waals surface area contributed by atoms with E-state index < -0.39 is 14.9 Å². The molecule has 0 saturated carbocycles. The lowest BCUT2D eigenvalue weighted by Crippen LogP contribution is -2.11. The lowest BCUT2D eigenvalue weighted by Gasteiger charge is -2.12. The van der Waals surface area contributed by atoms with Crippen molar-refractivity contribution in [2.45, 2.75) is 6.92 Å². The third-order valence-electron chi connectivity index (χ3n) is 2.38. The molecule has 0 radical (unpaired) electrons. The average molecular weight is 324 g/mol. The Kier molecular flexibility index (Phi) is 5.88. The minimum absolute atomic E-state index is 0.0291. The van der Waals surface area contributed by atoms with Gasteiger partial charge in [-0.2, -0.15) is 0 Å². The van der Waals surface area contributed by atoms with Gasteiger partial charge in [0.15, 0.2) is 5.75 Å². The maximum atomic E-state index is 11.4. The third-order valence-corrected chi connectivity index (χ3v) is 2.97. The summed E-state index contributed by atoms with van der Waals surface area (Å²) in [6.45, 7) is 5.24. The first-order chi connectivity index (χ1) is 10.3. The zero-order chi connectivity index (χ0) is 16.8. The molecule has 0 atom stereocenters. The van der Waals surface area contributed by atoms with Gasteiger partial charge in [-0.05, 0) is 25.1 Å². The van der Waals surface area contributed by atoms with Crippen LogP contribution in [-0.2, 0) is 10.0 Å². The van der Waals surface area contributed by atoms with Crippen LogP contribution >= 0.6 is 0 Å². The van der Waals surface area contributed by atoms with Crippen molar-refractivity contribution < 1.29 is 18.1 Å². The van der Waals surface area contributed by atoms with Crippen LogP contribution in [-0.4, -0.2) is 19.6 Å². The number of hydrogen-bond acceptors (Lipinski definition) is 5. The topological polar surface area (TPSA) is 98.5 Å². The number of nitro groups is 1. The maximum absolute atomic E-state index is 11.4. The molecule has 1 aromatic carbocycles. The first-order valence-electron chi connectivity index (χ1n) is 6.16. The summed E-state index contributed by atoms with van der Waals surface area (Å²) in [4.78, 5) is 10.3. The maximum Gasteiger partial charge on any atom is 0.273 e. The number of non-ortho nitro benzene ring substituents is 1. The monoisotopic (exact) mass is 324 g/mol. The molecule has 0 amide bonds. The molecule has 118 valence electrons. The highest BCUT2D eigenvalue weighted by molar-refractivity contribution is 7.92. The molecule has 0 aliphatic rings. The number of nitrogens with zero attached hydrogens (tertiary/aromatic N) is 1. The molecule has 1 rings (SSSR count). The number of rotatable bonds is 7. The van der Waals surface area contributed by atoms with Crippen LogP contribution in [0.5, 0.6) is 5.75 Å². The Bertz CT molecular complexity index is 736. The van der Waals surface area contributed by atoms with E-state index in [1.165, 1.54) is 18.2 Å². The minimum Gasteiger partial charge on any atom is -0.455 e. The van der Waals surface area contributed by atoms with E-state index in [2.05, 4.69) is 11.3 Å². The Balaban J connectivity index is 3.27. The highest BCUT2D eigenvalue weighted by Gasteiger charge is 2.15. The summed E-state index contributed by atoms with van der Waals surface area (Å²) in [5, 5.41) is 10.8. The fourth-order valence-electron chi connectivity index (χ4n) is 1.47. The Labute approximate surface area is 128 Å². The first-order valence-corrected chi connectivity index (χ1v) is 8.05. The van der Waals surface area contributed by atoms with Gasteiger partial charge in [0.05, 0.1) is 22.9 Å². The minimum atomic E-state index is -3.55. The van der Waals surface area contributed by atoms with Gasteiger partial charge in [0.2, 0.25) is 10.0 Å². The summed E-state index contributed by atoms with van der Waals surface area (Å²) in [7, 11) is -3.55. The number of benzene rings is 1. The molecule has 0 aliphatic carbocycles. The largest absolute Gasteiger partial charge is 0.455 e. The lowest BCUT2D eigenvalue weighted by atomic mass is 10.2. The fourth-order valence-corrected chi connectivity index (χ4v) is 2.04. The van der Waals surface area contributed by atoms with Gasteiger partial charge in [-0.15, -0.1) is 0 Å². The van der Waals surface area contributed by atoms with Gasteiger partial charge in [0.1, 0.15) is 5.76 Å². The second-order valence-electron chi connectivity index (χ2n) is 4.20. The Morgan fingerprint density at radius 2 is 2.14 bits per heavy atom. The molecule has 0 saturated heterocycles. The fraction of sp³-hybridized carbons (Fsp3) is 0.143. The zero-order valence-corrected chi connectivity index (χ0v) is 13.0. The SMILES string of the molecule is C=C/C=C\C(=C/C)Oc1cc([N+](=O)[O-])ccc1NS(C)(=O)=O. The molecule has 0 bridgehead atoms. The molecule has 0 aromatic heterocycles. The number of nitrogens with one attached hydrogen (secondary N) is 1. The van der Waals surface area contributed by atoms with E-state index in [1.54, 1.807) is 25.2 Å². The van der Waals surface area contributed by atoms with Crippen molar-refractivity contribution >= 4 is 21.4 Å². The van der Waals surface area contributed by atoms with Gasteiger partial charge in [-0.1, -0.05) is 18.7 Å². The van der Waals surface area contributed by atoms with Crippen LogP contribution in [0.25, 0.3) is 0 Å². The second kappa shape index (κ2) is 7.41. The van der Waals surface area contributed by atoms with Crippen LogP contribution in [0.3, 0.4) is 0 Å². The van der Waals surface area contributed by atoms with Crippen molar-refractivity contribution in [2.75, 3.05) is 11.0 Å². The van der Waals surface area contributed by atoms with Crippen molar-refractivity contribution in [3.8, 4) is 5.75 Å². The van der Waals surface area contributed by atoms with Crippen LogP contribution in [0, 0.1) is 10.1 Å². The van der Waals surface area contributed by atoms with E-state index >= 15 is 0 Å². The summed E-state index contributed by atoms with van der Waals surface area (Å²) in [6, 6.07) is 3.62. The van der Waals surface area contributed by atoms with E-state index in [1.807, 2.05) is 0 Å². The average Bonchev–Trinajstić information content (AvgIpc) is 2.43. The predicted molar refractivity (Wildman–Crippen MR) is 85.3 cm³/mol. The van der Waals surface area contributed by atoms with Gasteiger partial charge in [-0.25, -0.2) is 8.42 Å². The van der Waals surface area contributed by atoms with Crippen molar-refractivity contribution in [3.63, 3.8) is 0 Å². The van der Waals surface area contributed by atoms with E-state index in [0.717, 1.165) is 12.3 Å². The van der Waals surface area contributed by atoms with Crippen molar-refractivity contribution in [3.05, 3.63) is 65.0 Å². The number of sulfonamides is 1. The van der Waals surface area contributed by atoms with Crippen molar-refractivity contribution in [1.82, 2.24) is 0 Å². The Hall–Kier alpha value is -2.61. The number of anilines is 1. The first kappa shape index (κ1) is 17.4. The molecule has 0 heterocycles. The lowest BCUT2D eigenvalue weighted by molar-refractivity contribution is -0.384. The molecule has 0 fully saturated rings. The predicted octanol–water partition coefficient (Wildman–Crippen LogP) is 2.99. The number of allylic oxidation sites excluding steroid dienone is 4. The van der Waals surface area contributed by atoms with Crippen LogP contribution in [0.4, 0.5) is 11.4 Å². The molecule has 7 nitrogen and oxygen atoms in total. The van der Waals surface area contributed by atoms with Crippen LogP contribution in [0.15, 0.2) is 54.8 Å². The van der Waals surface area contributed by atoms with Crippen LogP contribution < -0.4 is 9.46 Å². The smallest absolute Gasteiger partial charge is 0.273 e. The van der Waals surface area contributed by atoms with Crippen molar-refractivity contribution in [2.24, 2.45) is 0 Å². The molecular formula is C14H16N2O5S. The number of nitro benzene ring substituents is 1. The van der Waals surface area contributed by atoms with E-state index in [-0.39, 0.29) is 17.1 Å². The third kappa shape index (κ3) is 5.41. The van der Waals surface area contributed by atoms with Gasteiger partial charge < -0.3 is 4.74 Å².